The molecule has 0 N–H and O–H groups in total. The zero-order valence-corrected chi connectivity index (χ0v) is 12.1. The van der Waals surface area contributed by atoms with Gasteiger partial charge in [0.15, 0.2) is 0 Å². The summed E-state index contributed by atoms with van der Waals surface area (Å²) in [4.78, 5) is 12.3. The van der Waals surface area contributed by atoms with Crippen LogP contribution in [0, 0.1) is 16.7 Å². The van der Waals surface area contributed by atoms with Gasteiger partial charge in [-0.2, -0.15) is 18.4 Å². The van der Waals surface area contributed by atoms with Crippen molar-refractivity contribution in [2.45, 2.75) is 39.5 Å². The van der Waals surface area contributed by atoms with Gasteiger partial charge >= 0.3 is 12.1 Å². The fourth-order valence-electron chi connectivity index (χ4n) is 1.95. The molecule has 6 heteroatoms. The molecule has 0 aliphatic heterocycles. The number of halogens is 3. The Kier molecular flexibility index (Phi) is 5.00. The summed E-state index contributed by atoms with van der Waals surface area (Å²) in [7, 11) is 0. The molecule has 1 rings (SSSR count). The Hall–Kier alpha value is -2.03. The van der Waals surface area contributed by atoms with Crippen molar-refractivity contribution >= 4 is 5.91 Å². The molecule has 1 atom stereocenters. The average molecular weight is 298 g/mol. The molecule has 21 heavy (non-hydrogen) atoms. The minimum Gasteiger partial charge on any atom is -0.314 e. The van der Waals surface area contributed by atoms with E-state index in [2.05, 4.69) is 0 Å². The summed E-state index contributed by atoms with van der Waals surface area (Å²) in [6.07, 6.45) is -5.00. The quantitative estimate of drug-likeness (QED) is 0.857. The molecule has 0 aliphatic carbocycles. The van der Waals surface area contributed by atoms with Crippen molar-refractivity contribution < 1.29 is 18.0 Å². The maximum atomic E-state index is 12.8. The summed E-state index contributed by atoms with van der Waals surface area (Å²) in [6, 6.07) is 8.95. The van der Waals surface area contributed by atoms with Gasteiger partial charge in [-0.1, -0.05) is 51.1 Å². The van der Waals surface area contributed by atoms with Gasteiger partial charge in [0.25, 0.3) is 0 Å². The fraction of sp³-hybridized carbons (Fsp3) is 0.467. The first-order chi connectivity index (χ1) is 9.57. The molecular weight excluding hydrogens is 281 g/mol. The maximum Gasteiger partial charge on any atom is 0.471 e. The summed E-state index contributed by atoms with van der Waals surface area (Å²) in [5.74, 6) is -1.99. The summed E-state index contributed by atoms with van der Waals surface area (Å²) in [5, 5.41) is 9.21. The Labute approximate surface area is 122 Å². The lowest BCUT2D eigenvalue weighted by molar-refractivity contribution is -0.189. The first-order valence-electron chi connectivity index (χ1n) is 6.38. The number of alkyl halides is 3. The van der Waals surface area contributed by atoms with E-state index in [-0.39, 0.29) is 6.54 Å². The number of carbonyl (C=O) groups is 1. The largest absolute Gasteiger partial charge is 0.471 e. The molecule has 0 radical (unpaired) electrons. The maximum absolute atomic E-state index is 12.8. The predicted molar refractivity (Wildman–Crippen MR) is 71.9 cm³/mol. The SMILES string of the molecule is CC(C)(C)[C@H](C#N)N(Cc1ccccc1)C(=O)C(F)(F)F. The van der Waals surface area contributed by atoms with Gasteiger partial charge in [-0.25, -0.2) is 0 Å². The molecule has 0 heterocycles. The number of nitriles is 1. The van der Waals surface area contributed by atoms with Crippen molar-refractivity contribution in [1.29, 1.82) is 5.26 Å². The number of hydrogen-bond acceptors (Lipinski definition) is 2. The highest BCUT2D eigenvalue weighted by molar-refractivity contribution is 5.82. The normalized spacial score (nSPS) is 13.4. The standard InChI is InChI=1S/C15H17F3N2O/c1-14(2,3)12(9-19)20(13(21)15(16,17)18)10-11-7-5-4-6-8-11/h4-8,12H,10H2,1-3H3/t12-/m0/s1. The predicted octanol–water partition coefficient (Wildman–Crippen LogP) is 3.52. The molecule has 1 aromatic rings. The van der Waals surface area contributed by atoms with Crippen LogP contribution >= 0.6 is 0 Å². The highest BCUT2D eigenvalue weighted by atomic mass is 19.4. The second-order valence-electron chi connectivity index (χ2n) is 5.81. The van der Waals surface area contributed by atoms with Gasteiger partial charge in [0.2, 0.25) is 0 Å². The molecule has 1 amide bonds. The topological polar surface area (TPSA) is 44.1 Å². The molecule has 0 saturated carbocycles. The summed E-state index contributed by atoms with van der Waals surface area (Å²) in [6.45, 7) is 4.63. The van der Waals surface area contributed by atoms with E-state index in [1.807, 2.05) is 6.07 Å². The lowest BCUT2D eigenvalue weighted by Crippen LogP contribution is -2.50. The first kappa shape index (κ1) is 17.0. The van der Waals surface area contributed by atoms with E-state index in [4.69, 9.17) is 0 Å². The van der Waals surface area contributed by atoms with Crippen LogP contribution in [0.3, 0.4) is 0 Å². The third-order valence-corrected chi connectivity index (χ3v) is 2.95. The second kappa shape index (κ2) is 6.17. The molecule has 0 aliphatic rings. The van der Waals surface area contributed by atoms with Crippen molar-refractivity contribution in [3.8, 4) is 6.07 Å². The molecule has 0 spiro atoms. The summed E-state index contributed by atoms with van der Waals surface area (Å²) in [5.41, 5.74) is -0.246. The van der Waals surface area contributed by atoms with Gasteiger partial charge < -0.3 is 4.90 Å². The molecule has 0 saturated heterocycles. The Morgan fingerprint density at radius 2 is 1.76 bits per heavy atom. The third-order valence-electron chi connectivity index (χ3n) is 2.95. The Morgan fingerprint density at radius 1 is 1.24 bits per heavy atom. The smallest absolute Gasteiger partial charge is 0.314 e. The Balaban J connectivity index is 3.18. The van der Waals surface area contributed by atoms with Gasteiger partial charge in [-0.3, -0.25) is 4.79 Å². The molecule has 0 bridgehead atoms. The van der Waals surface area contributed by atoms with E-state index < -0.39 is 23.5 Å². The van der Waals surface area contributed by atoms with E-state index in [9.17, 15) is 23.2 Å². The highest BCUT2D eigenvalue weighted by Gasteiger charge is 2.47. The van der Waals surface area contributed by atoms with Gasteiger partial charge in [0.1, 0.15) is 6.04 Å². The number of amides is 1. The van der Waals surface area contributed by atoms with E-state index in [0.717, 1.165) is 0 Å². The fourth-order valence-corrected chi connectivity index (χ4v) is 1.95. The van der Waals surface area contributed by atoms with Gasteiger partial charge in [0.05, 0.1) is 6.07 Å². The van der Waals surface area contributed by atoms with Gasteiger partial charge in [0, 0.05) is 6.54 Å². The molecule has 0 aromatic heterocycles. The van der Waals surface area contributed by atoms with Crippen molar-refractivity contribution in [1.82, 2.24) is 4.90 Å². The average Bonchev–Trinajstić information content (AvgIpc) is 2.36. The van der Waals surface area contributed by atoms with E-state index >= 15 is 0 Å². The monoisotopic (exact) mass is 298 g/mol. The van der Waals surface area contributed by atoms with Crippen LogP contribution in [0.1, 0.15) is 26.3 Å². The lowest BCUT2D eigenvalue weighted by atomic mass is 9.86. The van der Waals surface area contributed by atoms with Gasteiger partial charge in [-0.05, 0) is 11.0 Å². The van der Waals surface area contributed by atoms with Crippen LogP contribution in [0.2, 0.25) is 0 Å². The van der Waals surface area contributed by atoms with Crippen LogP contribution in [0.5, 0.6) is 0 Å². The third kappa shape index (κ3) is 4.48. The van der Waals surface area contributed by atoms with Crippen molar-refractivity contribution in [3.05, 3.63) is 35.9 Å². The van der Waals surface area contributed by atoms with Crippen LogP contribution in [-0.2, 0) is 11.3 Å². The zero-order chi connectivity index (χ0) is 16.3. The number of nitrogens with zero attached hydrogens (tertiary/aromatic N) is 2. The van der Waals surface area contributed by atoms with Crippen molar-refractivity contribution in [3.63, 3.8) is 0 Å². The molecule has 3 nitrogen and oxygen atoms in total. The minimum atomic E-state index is -5.00. The van der Waals surface area contributed by atoms with Gasteiger partial charge in [-0.15, -0.1) is 0 Å². The Bertz CT molecular complexity index is 527. The second-order valence-corrected chi connectivity index (χ2v) is 5.81. The van der Waals surface area contributed by atoms with Crippen LogP contribution < -0.4 is 0 Å². The Morgan fingerprint density at radius 3 is 2.14 bits per heavy atom. The molecular formula is C15H17F3N2O. The number of carbonyl (C=O) groups excluding carboxylic acids is 1. The first-order valence-corrected chi connectivity index (χ1v) is 6.38. The highest BCUT2D eigenvalue weighted by Crippen LogP contribution is 2.29. The van der Waals surface area contributed by atoms with Crippen molar-refractivity contribution in [2.24, 2.45) is 5.41 Å². The number of rotatable bonds is 3. The van der Waals surface area contributed by atoms with E-state index in [1.165, 1.54) is 0 Å². The van der Waals surface area contributed by atoms with E-state index in [1.54, 1.807) is 51.1 Å². The van der Waals surface area contributed by atoms with Crippen LogP contribution in [0.4, 0.5) is 13.2 Å². The zero-order valence-electron chi connectivity index (χ0n) is 12.1. The lowest BCUT2D eigenvalue weighted by Gasteiger charge is -2.36. The van der Waals surface area contributed by atoms with Crippen LogP contribution in [0.15, 0.2) is 30.3 Å². The molecule has 114 valence electrons. The van der Waals surface area contributed by atoms with Crippen LogP contribution in [-0.4, -0.2) is 23.0 Å². The molecule has 1 aromatic carbocycles. The molecule has 0 fully saturated rings. The molecule has 0 unspecified atom stereocenters. The van der Waals surface area contributed by atoms with E-state index in [0.29, 0.717) is 10.5 Å². The summed E-state index contributed by atoms with van der Waals surface area (Å²) >= 11 is 0. The number of hydrogen-bond donors (Lipinski definition) is 0. The van der Waals surface area contributed by atoms with Crippen LogP contribution in [0.25, 0.3) is 0 Å². The minimum absolute atomic E-state index is 0.255. The van der Waals surface area contributed by atoms with Crippen molar-refractivity contribution in [2.75, 3.05) is 0 Å². The number of benzene rings is 1. The summed E-state index contributed by atoms with van der Waals surface area (Å²) < 4.78 is 38.4.